The number of nitrogens with zero attached hydrogens (tertiary/aromatic N) is 1. The van der Waals surface area contributed by atoms with Gasteiger partial charge in [-0.1, -0.05) is 0 Å². The summed E-state index contributed by atoms with van der Waals surface area (Å²) in [5.41, 5.74) is 0. The van der Waals surface area contributed by atoms with Crippen molar-refractivity contribution in [1.29, 1.82) is 0 Å². The minimum atomic E-state index is 0. The van der Waals surface area contributed by atoms with Gasteiger partial charge < -0.3 is 33.8 Å². The molecule has 1 heterocycles. The molecule has 1 saturated heterocycles. The van der Waals surface area contributed by atoms with E-state index in [1.54, 1.807) is 0 Å². The third-order valence-electron chi connectivity index (χ3n) is 2.01. The molecule has 1 aliphatic rings. The minimum absolute atomic E-state index is 0. The van der Waals surface area contributed by atoms with Gasteiger partial charge in [0.05, 0.1) is 27.2 Å². The Kier molecular flexibility index (Phi) is 4.81. The van der Waals surface area contributed by atoms with Crippen molar-refractivity contribution in [3.05, 3.63) is 0 Å². The van der Waals surface area contributed by atoms with Crippen LogP contribution in [0, 0.1) is 0 Å². The van der Waals surface area contributed by atoms with Crippen molar-refractivity contribution in [2.75, 3.05) is 40.3 Å². The standard InChI is InChI=1S/C7H17N2.HI/c1-9(2)6-3-4-8-5-7-9;/h8H,3-7H2,1-2H3;1H/q+1;/p-1. The van der Waals surface area contributed by atoms with Crippen LogP contribution in [0.5, 0.6) is 0 Å². The number of halogens is 1. The molecule has 0 unspecified atom stereocenters. The Morgan fingerprint density at radius 1 is 1.10 bits per heavy atom. The largest absolute Gasteiger partial charge is 1.00 e. The predicted molar refractivity (Wildman–Crippen MR) is 39.3 cm³/mol. The van der Waals surface area contributed by atoms with E-state index in [9.17, 15) is 0 Å². The second-order valence-electron chi connectivity index (χ2n) is 3.49. The molecule has 0 atom stereocenters. The minimum Gasteiger partial charge on any atom is -1.00 e. The van der Waals surface area contributed by atoms with Crippen molar-refractivity contribution in [2.24, 2.45) is 0 Å². The summed E-state index contributed by atoms with van der Waals surface area (Å²) in [5.74, 6) is 0. The van der Waals surface area contributed by atoms with Crippen molar-refractivity contribution in [3.8, 4) is 0 Å². The first-order valence-corrected chi connectivity index (χ1v) is 3.73. The summed E-state index contributed by atoms with van der Waals surface area (Å²) in [7, 11) is 4.60. The zero-order valence-corrected chi connectivity index (χ0v) is 9.02. The van der Waals surface area contributed by atoms with Crippen molar-refractivity contribution in [2.45, 2.75) is 6.42 Å². The molecule has 2 nitrogen and oxygen atoms in total. The highest BCUT2D eigenvalue weighted by Crippen LogP contribution is 1.99. The van der Waals surface area contributed by atoms with E-state index in [0.717, 1.165) is 0 Å². The molecule has 1 fully saturated rings. The van der Waals surface area contributed by atoms with E-state index in [4.69, 9.17) is 0 Å². The zero-order valence-electron chi connectivity index (χ0n) is 6.86. The molecule has 0 bridgehead atoms. The first-order chi connectivity index (χ1) is 4.21. The highest BCUT2D eigenvalue weighted by Gasteiger charge is 2.15. The van der Waals surface area contributed by atoms with Crippen LogP contribution in [0.4, 0.5) is 0 Å². The van der Waals surface area contributed by atoms with Crippen LogP contribution in [-0.4, -0.2) is 44.8 Å². The molecule has 0 aromatic carbocycles. The first kappa shape index (κ1) is 10.7. The maximum Gasteiger partial charge on any atom is 0.0909 e. The van der Waals surface area contributed by atoms with Gasteiger partial charge in [0.25, 0.3) is 0 Å². The van der Waals surface area contributed by atoms with Gasteiger partial charge >= 0.3 is 0 Å². The molecule has 0 aromatic rings. The van der Waals surface area contributed by atoms with Crippen LogP contribution in [0.15, 0.2) is 0 Å². The molecule has 0 saturated carbocycles. The number of hydrogen-bond donors (Lipinski definition) is 1. The molecular formula is C7H17IN2. The highest BCUT2D eigenvalue weighted by atomic mass is 127. The maximum atomic E-state index is 3.39. The molecule has 0 aliphatic carbocycles. The molecule has 0 radical (unpaired) electrons. The molecule has 62 valence electrons. The highest BCUT2D eigenvalue weighted by molar-refractivity contribution is 4.51. The van der Waals surface area contributed by atoms with E-state index in [2.05, 4.69) is 19.4 Å². The second-order valence-corrected chi connectivity index (χ2v) is 3.49. The van der Waals surface area contributed by atoms with Gasteiger partial charge in [-0.15, -0.1) is 0 Å². The van der Waals surface area contributed by atoms with Crippen molar-refractivity contribution < 1.29 is 28.5 Å². The second kappa shape index (κ2) is 4.51. The van der Waals surface area contributed by atoms with Gasteiger partial charge in [-0.2, -0.15) is 0 Å². The fraction of sp³-hybridized carbons (Fsp3) is 1.00. The summed E-state index contributed by atoms with van der Waals surface area (Å²) >= 11 is 0. The Balaban J connectivity index is 0.000000810. The first-order valence-electron chi connectivity index (χ1n) is 3.73. The quantitative estimate of drug-likeness (QED) is 0.361. The van der Waals surface area contributed by atoms with Crippen LogP contribution in [0.25, 0.3) is 0 Å². The zero-order chi connectivity index (χ0) is 6.74. The molecule has 1 aliphatic heterocycles. The Morgan fingerprint density at radius 3 is 2.50 bits per heavy atom. The monoisotopic (exact) mass is 256 g/mol. The van der Waals surface area contributed by atoms with Gasteiger partial charge in [-0.25, -0.2) is 0 Å². The van der Waals surface area contributed by atoms with Crippen molar-refractivity contribution in [1.82, 2.24) is 5.32 Å². The summed E-state index contributed by atoms with van der Waals surface area (Å²) in [4.78, 5) is 0. The van der Waals surface area contributed by atoms with Gasteiger partial charge in [-0.05, 0) is 0 Å². The van der Waals surface area contributed by atoms with Gasteiger partial charge in [0.1, 0.15) is 0 Å². The SMILES string of the molecule is C[N+]1(C)CCCNCC1.[I-]. The van der Waals surface area contributed by atoms with E-state index in [1.807, 2.05) is 0 Å². The van der Waals surface area contributed by atoms with Gasteiger partial charge in [0.15, 0.2) is 0 Å². The summed E-state index contributed by atoms with van der Waals surface area (Å²) in [6.07, 6.45) is 1.33. The van der Waals surface area contributed by atoms with E-state index in [-0.39, 0.29) is 24.0 Å². The lowest BCUT2D eigenvalue weighted by Gasteiger charge is -2.27. The molecule has 1 rings (SSSR count). The normalized spacial score (nSPS) is 24.6. The van der Waals surface area contributed by atoms with Crippen LogP contribution in [0.2, 0.25) is 0 Å². The maximum absolute atomic E-state index is 3.39. The van der Waals surface area contributed by atoms with Crippen LogP contribution >= 0.6 is 0 Å². The summed E-state index contributed by atoms with van der Waals surface area (Å²) in [5, 5.41) is 3.39. The van der Waals surface area contributed by atoms with Crippen LogP contribution in [0.3, 0.4) is 0 Å². The van der Waals surface area contributed by atoms with Gasteiger partial charge in [-0.3, -0.25) is 0 Å². The number of hydrogen-bond acceptors (Lipinski definition) is 1. The number of nitrogens with one attached hydrogen (secondary N) is 1. The Labute approximate surface area is 80.6 Å². The topological polar surface area (TPSA) is 12.0 Å². The third kappa shape index (κ3) is 3.73. The molecule has 1 N–H and O–H groups in total. The Morgan fingerprint density at radius 2 is 1.80 bits per heavy atom. The summed E-state index contributed by atoms with van der Waals surface area (Å²) < 4.78 is 1.19. The summed E-state index contributed by atoms with van der Waals surface area (Å²) in [6, 6.07) is 0. The molecule has 0 aromatic heterocycles. The van der Waals surface area contributed by atoms with Gasteiger partial charge in [0, 0.05) is 19.5 Å². The average Bonchev–Trinajstić information content (AvgIpc) is 1.92. The molecule has 0 spiro atoms. The molecular weight excluding hydrogens is 239 g/mol. The van der Waals surface area contributed by atoms with E-state index in [1.165, 1.54) is 37.1 Å². The van der Waals surface area contributed by atoms with E-state index >= 15 is 0 Å². The Hall–Kier alpha value is 0.650. The molecule has 0 amide bonds. The van der Waals surface area contributed by atoms with E-state index in [0.29, 0.717) is 0 Å². The number of rotatable bonds is 0. The molecule has 10 heavy (non-hydrogen) atoms. The third-order valence-corrected chi connectivity index (χ3v) is 2.01. The lowest BCUT2D eigenvalue weighted by Crippen LogP contribution is -3.00. The van der Waals surface area contributed by atoms with E-state index < -0.39 is 0 Å². The van der Waals surface area contributed by atoms with Gasteiger partial charge in [0.2, 0.25) is 0 Å². The van der Waals surface area contributed by atoms with Crippen molar-refractivity contribution in [3.63, 3.8) is 0 Å². The van der Waals surface area contributed by atoms with Crippen molar-refractivity contribution >= 4 is 0 Å². The smallest absolute Gasteiger partial charge is 0.0909 e. The van der Waals surface area contributed by atoms with Crippen LogP contribution in [-0.2, 0) is 0 Å². The van der Waals surface area contributed by atoms with Crippen LogP contribution in [0.1, 0.15) is 6.42 Å². The molecule has 3 heteroatoms. The average molecular weight is 256 g/mol. The number of likely N-dealkylation sites (N-methyl/N-ethyl adjacent to an activating group) is 1. The fourth-order valence-corrected chi connectivity index (χ4v) is 1.25. The fourth-order valence-electron chi connectivity index (χ4n) is 1.25. The summed E-state index contributed by atoms with van der Waals surface area (Å²) in [6.45, 7) is 5.00. The lowest BCUT2D eigenvalue weighted by molar-refractivity contribution is -0.887. The Bertz CT molecular complexity index is 83.6. The van der Waals surface area contributed by atoms with Crippen LogP contribution < -0.4 is 29.3 Å². The predicted octanol–water partition coefficient (Wildman–Crippen LogP) is -2.94. The lowest BCUT2D eigenvalue weighted by atomic mass is 10.4. The number of quaternary nitrogens is 1.